The molecule has 0 spiro atoms. The molecule has 3 heterocycles. The first-order valence-electron chi connectivity index (χ1n) is 11.2. The number of aliphatic hydroxyl groups excluding tert-OH is 1. The number of carbonyl (C=O) groups excluding carboxylic acids is 1. The molecule has 0 fully saturated rings. The van der Waals surface area contributed by atoms with Gasteiger partial charge in [-0.05, 0) is 36.8 Å². The van der Waals surface area contributed by atoms with Crippen LogP contribution < -0.4 is 10.7 Å². The predicted octanol–water partition coefficient (Wildman–Crippen LogP) is 4.32. The third kappa shape index (κ3) is 4.91. The normalized spacial score (nSPS) is 11.8. The Morgan fingerprint density at radius 2 is 2.00 bits per heavy atom. The predicted molar refractivity (Wildman–Crippen MR) is 140 cm³/mol. The van der Waals surface area contributed by atoms with Crippen LogP contribution in [-0.4, -0.2) is 44.8 Å². The van der Waals surface area contributed by atoms with Gasteiger partial charge in [0.05, 0.1) is 17.7 Å². The van der Waals surface area contributed by atoms with Crippen LogP contribution in [0.5, 0.6) is 0 Å². The first-order chi connectivity index (χ1) is 17.1. The number of H-pyrrole nitrogens is 1. The van der Waals surface area contributed by atoms with E-state index in [-0.39, 0.29) is 19.1 Å². The quantitative estimate of drug-likeness (QED) is 0.193. The lowest BCUT2D eigenvalue weighted by Crippen LogP contribution is -2.26. The van der Waals surface area contributed by atoms with Crippen LogP contribution in [0.2, 0.25) is 0 Å². The van der Waals surface area contributed by atoms with Crippen LogP contribution in [0.25, 0.3) is 21.1 Å². The minimum atomic E-state index is -0.196. The Bertz CT molecular complexity index is 1540. The lowest BCUT2D eigenvalue weighted by molar-refractivity contribution is 0.0944. The fourth-order valence-electron chi connectivity index (χ4n) is 3.94. The maximum Gasteiger partial charge on any atom is 0.251 e. The zero-order chi connectivity index (χ0) is 24.2. The average molecular weight is 485 g/mol. The Kier molecular flexibility index (Phi) is 6.51. The molecule has 9 heteroatoms. The summed E-state index contributed by atoms with van der Waals surface area (Å²) in [6, 6.07) is 17.7. The number of carbonyl (C=O) groups is 1. The number of hydrogen-bond donors (Lipinski definition) is 4. The van der Waals surface area contributed by atoms with Crippen molar-refractivity contribution in [1.82, 2.24) is 20.3 Å². The molecule has 2 aromatic carbocycles. The average Bonchev–Trinajstić information content (AvgIpc) is 3.50. The Balaban J connectivity index is 1.36. The highest BCUT2D eigenvalue weighted by Gasteiger charge is 2.12. The number of nitrogens with zero attached hydrogens (tertiary/aromatic N) is 3. The van der Waals surface area contributed by atoms with E-state index < -0.39 is 0 Å². The van der Waals surface area contributed by atoms with Gasteiger partial charge in [-0.3, -0.25) is 10.2 Å². The first-order valence-corrected chi connectivity index (χ1v) is 12.0. The summed E-state index contributed by atoms with van der Waals surface area (Å²) in [6.07, 6.45) is 4.16. The van der Waals surface area contributed by atoms with Gasteiger partial charge in [-0.2, -0.15) is 5.10 Å². The van der Waals surface area contributed by atoms with Crippen molar-refractivity contribution in [2.24, 2.45) is 5.10 Å². The highest BCUT2D eigenvalue weighted by atomic mass is 32.1. The molecule has 3 aromatic heterocycles. The Morgan fingerprint density at radius 3 is 2.89 bits per heavy atom. The van der Waals surface area contributed by atoms with Crippen molar-refractivity contribution in [3.63, 3.8) is 0 Å². The molecule has 35 heavy (non-hydrogen) atoms. The molecule has 0 radical (unpaired) electrons. The summed E-state index contributed by atoms with van der Waals surface area (Å²) in [7, 11) is 0. The van der Waals surface area contributed by atoms with Crippen LogP contribution in [0, 0.1) is 0 Å². The molecular weight excluding hydrogens is 460 g/mol. The van der Waals surface area contributed by atoms with Crippen LogP contribution in [-0.2, 0) is 6.42 Å². The molecule has 0 saturated carbocycles. The van der Waals surface area contributed by atoms with Crippen molar-refractivity contribution < 1.29 is 9.90 Å². The van der Waals surface area contributed by atoms with Gasteiger partial charge in [0, 0.05) is 46.1 Å². The van der Waals surface area contributed by atoms with Crippen LogP contribution in [0.4, 0.5) is 5.82 Å². The van der Waals surface area contributed by atoms with E-state index in [1.807, 2.05) is 49.5 Å². The molecule has 0 unspecified atom stereocenters. The Morgan fingerprint density at radius 1 is 1.11 bits per heavy atom. The zero-order valence-electron chi connectivity index (χ0n) is 19.1. The first kappa shape index (κ1) is 22.7. The summed E-state index contributed by atoms with van der Waals surface area (Å²) in [5, 5.41) is 18.2. The minimum Gasteiger partial charge on any atom is -0.395 e. The molecule has 0 aliphatic carbocycles. The molecule has 1 amide bonds. The third-order valence-corrected chi connectivity index (χ3v) is 6.70. The molecule has 0 bridgehead atoms. The molecule has 5 aromatic rings. The largest absolute Gasteiger partial charge is 0.395 e. The number of rotatable bonds is 8. The molecule has 0 saturated heterocycles. The van der Waals surface area contributed by atoms with E-state index in [4.69, 9.17) is 5.11 Å². The lowest BCUT2D eigenvalue weighted by Gasteiger charge is -2.05. The molecule has 0 atom stereocenters. The zero-order valence-corrected chi connectivity index (χ0v) is 19.9. The van der Waals surface area contributed by atoms with Crippen molar-refractivity contribution >= 4 is 49.9 Å². The van der Waals surface area contributed by atoms with Crippen molar-refractivity contribution in [1.29, 1.82) is 0 Å². The van der Waals surface area contributed by atoms with Crippen molar-refractivity contribution in [2.45, 2.75) is 13.3 Å². The van der Waals surface area contributed by atoms with Crippen molar-refractivity contribution in [3.8, 4) is 0 Å². The maximum atomic E-state index is 12.2. The number of thiophene rings is 1. The lowest BCUT2D eigenvalue weighted by atomic mass is 10.1. The summed E-state index contributed by atoms with van der Waals surface area (Å²) < 4.78 is 0. The summed E-state index contributed by atoms with van der Waals surface area (Å²) in [5.41, 5.74) is 7.66. The second-order valence-electron chi connectivity index (χ2n) is 8.07. The van der Waals surface area contributed by atoms with E-state index >= 15 is 0 Å². The molecule has 5 rings (SSSR count). The molecule has 0 aliphatic rings. The number of hydrogen-bond acceptors (Lipinski definition) is 7. The third-order valence-electron chi connectivity index (χ3n) is 5.65. The smallest absolute Gasteiger partial charge is 0.251 e. The minimum absolute atomic E-state index is 0.0873. The van der Waals surface area contributed by atoms with Gasteiger partial charge in [-0.25, -0.2) is 9.97 Å². The number of fused-ring (bicyclic) bond motifs is 2. The van der Waals surface area contributed by atoms with E-state index in [1.54, 1.807) is 17.4 Å². The number of anilines is 1. The van der Waals surface area contributed by atoms with Gasteiger partial charge in [0.15, 0.2) is 5.82 Å². The van der Waals surface area contributed by atoms with Crippen molar-refractivity contribution in [2.75, 3.05) is 18.6 Å². The Hall–Kier alpha value is -4.08. The number of para-hydroxylation sites is 1. The monoisotopic (exact) mass is 484 g/mol. The number of aromatic nitrogens is 3. The maximum absolute atomic E-state index is 12.2. The van der Waals surface area contributed by atoms with Gasteiger partial charge in [0.1, 0.15) is 11.2 Å². The highest BCUT2D eigenvalue weighted by Crippen LogP contribution is 2.30. The molecule has 4 N–H and O–H groups in total. The van der Waals surface area contributed by atoms with E-state index in [0.29, 0.717) is 17.8 Å². The van der Waals surface area contributed by atoms with Gasteiger partial charge >= 0.3 is 0 Å². The van der Waals surface area contributed by atoms with E-state index in [9.17, 15) is 4.79 Å². The fourth-order valence-corrected chi connectivity index (χ4v) is 4.97. The van der Waals surface area contributed by atoms with Gasteiger partial charge in [-0.15, -0.1) is 11.3 Å². The topological polar surface area (TPSA) is 115 Å². The number of aromatic amines is 1. The summed E-state index contributed by atoms with van der Waals surface area (Å²) in [6.45, 7) is 2.11. The SMILES string of the molecule is CC(=NNc1ncnc2sc(Cc3cccc(C(=O)NCCO)c3)cc12)c1c[nH]c2ccccc12. The van der Waals surface area contributed by atoms with Crippen LogP contribution >= 0.6 is 11.3 Å². The number of hydrazone groups is 1. The fraction of sp³-hybridized carbons (Fsp3) is 0.154. The Labute approximate surface area is 205 Å². The standard InChI is InChI=1S/C26H24N6O2S/c1-16(22-14-28-23-8-3-2-7-20(22)23)31-32-24-21-13-19(35-26(21)30-15-29-24)12-17-5-4-6-18(11-17)25(34)27-9-10-33/h2-8,11,13-15,28,33H,9-10,12H2,1H3,(H,27,34)(H,29,30,32). The van der Waals surface area contributed by atoms with E-state index in [2.05, 4.69) is 42.9 Å². The highest BCUT2D eigenvalue weighted by molar-refractivity contribution is 7.18. The van der Waals surface area contributed by atoms with Crippen LogP contribution in [0.15, 0.2) is 72.2 Å². The summed E-state index contributed by atoms with van der Waals surface area (Å²) in [5.74, 6) is 0.451. The number of aliphatic hydroxyl groups is 1. The van der Waals surface area contributed by atoms with Gasteiger partial charge in [0.2, 0.25) is 0 Å². The molecule has 0 aliphatic heterocycles. The summed E-state index contributed by atoms with van der Waals surface area (Å²) >= 11 is 1.59. The van der Waals surface area contributed by atoms with Crippen LogP contribution in [0.1, 0.15) is 33.3 Å². The number of nitrogens with one attached hydrogen (secondary N) is 3. The van der Waals surface area contributed by atoms with Crippen molar-refractivity contribution in [3.05, 3.63) is 88.7 Å². The molecule has 8 nitrogen and oxygen atoms in total. The summed E-state index contributed by atoms with van der Waals surface area (Å²) in [4.78, 5) is 26.3. The van der Waals surface area contributed by atoms with Gasteiger partial charge in [0.25, 0.3) is 5.91 Å². The molecule has 176 valence electrons. The van der Waals surface area contributed by atoms with E-state index in [1.165, 1.54) is 6.33 Å². The molecular formula is C26H24N6O2S. The van der Waals surface area contributed by atoms with Gasteiger partial charge < -0.3 is 15.4 Å². The second-order valence-corrected chi connectivity index (χ2v) is 9.18. The van der Waals surface area contributed by atoms with Gasteiger partial charge in [-0.1, -0.05) is 30.3 Å². The number of benzene rings is 2. The number of amides is 1. The van der Waals surface area contributed by atoms with Crippen LogP contribution in [0.3, 0.4) is 0 Å². The van der Waals surface area contributed by atoms with E-state index in [0.717, 1.165) is 42.8 Å². The second kappa shape index (κ2) is 10.0.